The molecule has 2 fully saturated rings. The predicted octanol–water partition coefficient (Wildman–Crippen LogP) is 8.89. The summed E-state index contributed by atoms with van der Waals surface area (Å²) in [6.45, 7) is 5.63. The van der Waals surface area contributed by atoms with E-state index in [9.17, 15) is 18.7 Å². The van der Waals surface area contributed by atoms with Gasteiger partial charge in [0.15, 0.2) is 0 Å². The highest BCUT2D eigenvalue weighted by Gasteiger charge is 2.19. The molecule has 2 aliphatic rings. The molecule has 7 nitrogen and oxygen atoms in total. The lowest BCUT2D eigenvalue weighted by molar-refractivity contribution is 0.0600. The molecule has 4 aromatic carbocycles. The molecule has 6 rings (SSSR count). The molecule has 2 heterocycles. The Hall–Kier alpha value is -4.31. The summed E-state index contributed by atoms with van der Waals surface area (Å²) in [7, 11) is 4.51. The Kier molecular flexibility index (Phi) is 15.0. The number of esters is 1. The van der Waals surface area contributed by atoms with Crippen molar-refractivity contribution >= 4 is 5.97 Å². The molecule has 0 saturated carbocycles. The molecule has 4 aromatic rings. The zero-order chi connectivity index (χ0) is 35.5. The fourth-order valence-electron chi connectivity index (χ4n) is 6.76. The van der Waals surface area contributed by atoms with Crippen molar-refractivity contribution in [1.29, 1.82) is 0 Å². The fraction of sp³-hybridized carbons (Fsp3) is 0.405. The second-order valence-electron chi connectivity index (χ2n) is 12.9. The van der Waals surface area contributed by atoms with Gasteiger partial charge in [-0.25, -0.2) is 13.6 Å². The molecule has 0 radical (unpaired) electrons. The number of aliphatic hydroxyl groups is 1. The summed E-state index contributed by atoms with van der Waals surface area (Å²) in [4.78, 5) is 16.7. The van der Waals surface area contributed by atoms with Gasteiger partial charge in [0.25, 0.3) is 0 Å². The second kappa shape index (κ2) is 19.3. The normalized spacial score (nSPS) is 14.9. The van der Waals surface area contributed by atoms with Crippen LogP contribution in [0.2, 0.25) is 0 Å². The van der Waals surface area contributed by atoms with Crippen molar-refractivity contribution in [3.8, 4) is 33.8 Å². The summed E-state index contributed by atoms with van der Waals surface area (Å²) < 4.78 is 44.3. The Morgan fingerprint density at radius 1 is 0.627 bits per heavy atom. The number of methoxy groups -OCH3 is 3. The Morgan fingerprint density at radius 3 is 1.55 bits per heavy atom. The van der Waals surface area contributed by atoms with E-state index in [1.807, 2.05) is 24.3 Å². The first-order valence-electron chi connectivity index (χ1n) is 17.4. The van der Waals surface area contributed by atoms with Crippen LogP contribution in [0.25, 0.3) is 22.3 Å². The van der Waals surface area contributed by atoms with E-state index in [0.29, 0.717) is 34.7 Å². The molecule has 2 saturated heterocycles. The molecule has 9 heteroatoms. The average molecular weight is 703 g/mol. The third-order valence-electron chi connectivity index (χ3n) is 9.49. The summed E-state index contributed by atoms with van der Waals surface area (Å²) in [6.07, 6.45) is 7.28. The SMILES string of the molecule is C.COC(=O)c1ccc(-c2cc(OC)ccc2F)c(CN2CCCCC2)c1.COc1ccc(F)c(-c2ccc(CO)cc2CN2CCCCC2)c1. The predicted molar refractivity (Wildman–Crippen MR) is 199 cm³/mol. The van der Waals surface area contributed by atoms with Crippen LogP contribution in [0.5, 0.6) is 11.5 Å². The fourth-order valence-corrected chi connectivity index (χ4v) is 6.76. The molecule has 0 bridgehead atoms. The molecule has 0 atom stereocenters. The number of ether oxygens (including phenoxy) is 3. The molecule has 2 aliphatic heterocycles. The highest BCUT2D eigenvalue weighted by molar-refractivity contribution is 5.90. The van der Waals surface area contributed by atoms with E-state index in [4.69, 9.17) is 14.2 Å². The quantitative estimate of drug-likeness (QED) is 0.166. The maximum absolute atomic E-state index is 14.5. The lowest BCUT2D eigenvalue weighted by Crippen LogP contribution is -2.29. The topological polar surface area (TPSA) is 71.5 Å². The van der Waals surface area contributed by atoms with Crippen LogP contribution in [0, 0.1) is 11.6 Å². The number of piperidine rings is 2. The number of carbonyl (C=O) groups is 1. The van der Waals surface area contributed by atoms with Crippen molar-refractivity contribution in [2.75, 3.05) is 47.5 Å². The van der Waals surface area contributed by atoms with E-state index >= 15 is 0 Å². The summed E-state index contributed by atoms with van der Waals surface area (Å²) >= 11 is 0. The van der Waals surface area contributed by atoms with E-state index in [-0.39, 0.29) is 31.6 Å². The number of likely N-dealkylation sites (tertiary alicyclic amines) is 2. The molecule has 0 aliphatic carbocycles. The van der Waals surface area contributed by atoms with E-state index in [0.717, 1.165) is 60.5 Å². The lowest BCUT2D eigenvalue weighted by Gasteiger charge is -2.27. The number of halogens is 2. The molecule has 51 heavy (non-hydrogen) atoms. The smallest absolute Gasteiger partial charge is 0.337 e. The molecule has 0 amide bonds. The maximum atomic E-state index is 14.5. The summed E-state index contributed by atoms with van der Waals surface area (Å²) in [5.74, 6) is 0.287. The minimum Gasteiger partial charge on any atom is -0.497 e. The van der Waals surface area contributed by atoms with E-state index in [1.165, 1.54) is 57.8 Å². The zero-order valence-electron chi connectivity index (χ0n) is 29.4. The van der Waals surface area contributed by atoms with E-state index in [2.05, 4.69) is 9.80 Å². The van der Waals surface area contributed by atoms with Gasteiger partial charge < -0.3 is 19.3 Å². The highest BCUT2D eigenvalue weighted by Crippen LogP contribution is 2.33. The van der Waals surface area contributed by atoms with Crippen molar-refractivity contribution < 1.29 is 32.9 Å². The number of hydrogen-bond donors (Lipinski definition) is 1. The third-order valence-corrected chi connectivity index (χ3v) is 9.49. The molecular weight excluding hydrogens is 650 g/mol. The summed E-state index contributed by atoms with van der Waals surface area (Å²) in [5, 5.41) is 9.46. The van der Waals surface area contributed by atoms with Crippen LogP contribution in [0.3, 0.4) is 0 Å². The van der Waals surface area contributed by atoms with Crippen molar-refractivity contribution in [3.63, 3.8) is 0 Å². The van der Waals surface area contributed by atoms with Gasteiger partial charge in [-0.3, -0.25) is 9.80 Å². The van der Waals surface area contributed by atoms with Gasteiger partial charge in [0.2, 0.25) is 0 Å². The van der Waals surface area contributed by atoms with Crippen molar-refractivity contribution in [1.82, 2.24) is 9.80 Å². The largest absolute Gasteiger partial charge is 0.497 e. The first-order valence-corrected chi connectivity index (χ1v) is 17.4. The van der Waals surface area contributed by atoms with Crippen LogP contribution >= 0.6 is 0 Å². The van der Waals surface area contributed by atoms with Gasteiger partial charge in [0.05, 0.1) is 33.5 Å². The van der Waals surface area contributed by atoms with Gasteiger partial charge in [0, 0.05) is 24.2 Å². The van der Waals surface area contributed by atoms with E-state index < -0.39 is 0 Å². The Labute approximate surface area is 301 Å². The standard InChI is InChI=1S/C21H24FNO3.C20H24FNO2.CH4/c1-25-17-7-9-20(22)19(13-17)18-8-6-15(21(24)26-2)12-16(18)14-23-10-4-3-5-11-23;1-24-17-6-8-20(21)19(12-17)18-7-5-15(14-23)11-16(18)13-22-9-3-2-4-10-22;/h6-9,12-13H,3-5,10-11,14H2,1-2H3;5-8,11-12,23H,2-4,9-10,13-14H2,1H3;1H4. The Balaban J connectivity index is 0.000000225. The number of aliphatic hydroxyl groups excluding tert-OH is 1. The van der Waals surface area contributed by atoms with Crippen molar-refractivity contribution in [2.45, 2.75) is 65.6 Å². The number of rotatable bonds is 10. The number of nitrogens with zero attached hydrogens (tertiary/aromatic N) is 2. The number of benzene rings is 4. The van der Waals surface area contributed by atoms with Gasteiger partial charge in [-0.05, 0) is 128 Å². The molecule has 0 unspecified atom stereocenters. The minimum atomic E-state index is -0.387. The van der Waals surface area contributed by atoms with Crippen LogP contribution in [-0.2, 0) is 24.4 Å². The highest BCUT2D eigenvalue weighted by atomic mass is 19.1. The van der Waals surface area contributed by atoms with Gasteiger partial charge in [-0.1, -0.05) is 44.5 Å². The van der Waals surface area contributed by atoms with Gasteiger partial charge in [-0.2, -0.15) is 0 Å². The molecular formula is C42H52F2N2O5. The van der Waals surface area contributed by atoms with Crippen LogP contribution in [0.1, 0.15) is 73.0 Å². The van der Waals surface area contributed by atoms with Crippen LogP contribution in [0.15, 0.2) is 72.8 Å². The monoisotopic (exact) mass is 702 g/mol. The molecule has 274 valence electrons. The zero-order valence-corrected chi connectivity index (χ0v) is 29.4. The maximum Gasteiger partial charge on any atom is 0.337 e. The minimum absolute atomic E-state index is 0. The van der Waals surface area contributed by atoms with Gasteiger partial charge in [-0.15, -0.1) is 0 Å². The first-order chi connectivity index (χ1) is 24.3. The lowest BCUT2D eigenvalue weighted by atomic mass is 9.96. The van der Waals surface area contributed by atoms with Crippen molar-refractivity contribution in [3.05, 3.63) is 107 Å². The number of carbonyl (C=O) groups excluding carboxylic acids is 1. The number of hydrogen-bond acceptors (Lipinski definition) is 7. The second-order valence-corrected chi connectivity index (χ2v) is 12.9. The summed E-state index contributed by atoms with van der Waals surface area (Å²) in [5.41, 5.74) is 5.98. The summed E-state index contributed by atoms with van der Waals surface area (Å²) in [6, 6.07) is 20.6. The molecule has 1 N–H and O–H groups in total. The average Bonchev–Trinajstić information content (AvgIpc) is 3.16. The van der Waals surface area contributed by atoms with Crippen molar-refractivity contribution in [2.24, 2.45) is 0 Å². The third kappa shape index (κ3) is 10.4. The van der Waals surface area contributed by atoms with Gasteiger partial charge >= 0.3 is 5.97 Å². The molecule has 0 spiro atoms. The van der Waals surface area contributed by atoms with E-state index in [1.54, 1.807) is 50.6 Å². The van der Waals surface area contributed by atoms with Crippen LogP contribution in [-0.4, -0.2) is 68.4 Å². The van der Waals surface area contributed by atoms with Crippen LogP contribution in [0.4, 0.5) is 8.78 Å². The first kappa shape index (κ1) is 39.5. The van der Waals surface area contributed by atoms with Gasteiger partial charge in [0.1, 0.15) is 23.1 Å². The Morgan fingerprint density at radius 2 is 1.10 bits per heavy atom. The Bertz CT molecular complexity index is 1730. The molecule has 0 aromatic heterocycles. The van der Waals surface area contributed by atoms with Crippen LogP contribution < -0.4 is 9.47 Å².